The van der Waals surface area contributed by atoms with Crippen molar-refractivity contribution >= 4 is 15.7 Å². The first-order chi connectivity index (χ1) is 12.7. The Labute approximate surface area is 155 Å². The second-order valence-electron chi connectivity index (χ2n) is 6.13. The maximum atomic E-state index is 13.5. The molecule has 0 spiro atoms. The van der Waals surface area contributed by atoms with Crippen molar-refractivity contribution in [3.8, 4) is 0 Å². The molecule has 4 nitrogen and oxygen atoms in total. The van der Waals surface area contributed by atoms with E-state index in [0.717, 1.165) is 9.87 Å². The number of rotatable bonds is 2. The zero-order valence-corrected chi connectivity index (χ0v) is 15.3. The lowest BCUT2D eigenvalue weighted by Gasteiger charge is -2.28. The van der Waals surface area contributed by atoms with Gasteiger partial charge in [0.05, 0.1) is 23.7 Å². The maximum absolute atomic E-state index is 13.5. The fraction of sp³-hybridized carbons (Fsp3) is 0.263. The molecule has 8 heteroatoms. The number of ether oxygens (including phenoxy) is 1. The van der Waals surface area contributed by atoms with Gasteiger partial charge in [-0.05, 0) is 25.1 Å². The molecule has 0 N–H and O–H groups in total. The number of benzene rings is 2. The second-order valence-corrected chi connectivity index (χ2v) is 8.00. The van der Waals surface area contributed by atoms with Crippen LogP contribution in [0.3, 0.4) is 0 Å². The van der Waals surface area contributed by atoms with Crippen LogP contribution < -0.4 is 4.31 Å². The molecule has 144 valence electrons. The van der Waals surface area contributed by atoms with Gasteiger partial charge >= 0.3 is 6.18 Å². The summed E-state index contributed by atoms with van der Waals surface area (Å²) >= 11 is 0. The van der Waals surface area contributed by atoms with Gasteiger partial charge < -0.3 is 4.74 Å². The van der Waals surface area contributed by atoms with E-state index in [0.29, 0.717) is 0 Å². The number of hydrogen-bond donors (Lipinski definition) is 0. The van der Waals surface area contributed by atoms with E-state index in [1.54, 1.807) is 12.1 Å². The third-order valence-corrected chi connectivity index (χ3v) is 5.99. The SMILES string of the molecule is Cc1ccc(S(=O)(=O)N2C/C=C\COC(C(F)(F)F)c3ccccc32)cc1. The monoisotopic (exact) mass is 397 g/mol. The number of alkyl halides is 3. The van der Waals surface area contributed by atoms with E-state index in [1.165, 1.54) is 48.6 Å². The van der Waals surface area contributed by atoms with E-state index < -0.39 is 22.3 Å². The van der Waals surface area contributed by atoms with Gasteiger partial charge in [0.1, 0.15) is 0 Å². The highest BCUT2D eigenvalue weighted by molar-refractivity contribution is 7.92. The van der Waals surface area contributed by atoms with Crippen LogP contribution in [0.1, 0.15) is 17.2 Å². The molecule has 0 saturated heterocycles. The quantitative estimate of drug-likeness (QED) is 0.707. The molecule has 0 aliphatic carbocycles. The van der Waals surface area contributed by atoms with Crippen molar-refractivity contribution in [1.29, 1.82) is 0 Å². The van der Waals surface area contributed by atoms with Crippen molar-refractivity contribution in [1.82, 2.24) is 0 Å². The van der Waals surface area contributed by atoms with E-state index in [-0.39, 0.29) is 29.3 Å². The first-order valence-corrected chi connectivity index (χ1v) is 9.67. The summed E-state index contributed by atoms with van der Waals surface area (Å²) in [6.07, 6.45) is -4.01. The maximum Gasteiger partial charge on any atom is 0.418 e. The molecule has 2 aromatic rings. The largest absolute Gasteiger partial charge is 0.418 e. The van der Waals surface area contributed by atoms with Crippen molar-refractivity contribution in [3.05, 3.63) is 71.8 Å². The van der Waals surface area contributed by atoms with Crippen molar-refractivity contribution in [2.75, 3.05) is 17.5 Å². The fourth-order valence-corrected chi connectivity index (χ4v) is 4.29. The van der Waals surface area contributed by atoms with Gasteiger partial charge in [-0.15, -0.1) is 0 Å². The average molecular weight is 397 g/mol. The third-order valence-electron chi connectivity index (χ3n) is 4.19. The summed E-state index contributed by atoms with van der Waals surface area (Å²) in [5, 5.41) is 0. The summed E-state index contributed by atoms with van der Waals surface area (Å²) in [6.45, 7) is 1.46. The summed E-state index contributed by atoms with van der Waals surface area (Å²) in [5.74, 6) is 0. The minimum Gasteiger partial charge on any atom is -0.360 e. The number of hydrogen-bond acceptors (Lipinski definition) is 3. The molecule has 0 aromatic heterocycles. The lowest BCUT2D eigenvalue weighted by Crippen LogP contribution is -2.33. The van der Waals surface area contributed by atoms with Gasteiger partial charge in [-0.3, -0.25) is 4.31 Å². The van der Waals surface area contributed by atoms with Gasteiger partial charge in [0, 0.05) is 5.56 Å². The lowest BCUT2D eigenvalue weighted by atomic mass is 10.1. The van der Waals surface area contributed by atoms with Crippen molar-refractivity contribution in [2.24, 2.45) is 0 Å². The smallest absolute Gasteiger partial charge is 0.360 e. The Morgan fingerprint density at radius 3 is 2.37 bits per heavy atom. The molecule has 1 aliphatic heterocycles. The standard InChI is InChI=1S/C19H18F3NO3S/c1-14-8-10-15(11-9-14)27(24,25)23-12-4-5-13-26-18(19(20,21)22)16-6-2-3-7-17(16)23/h2-11,18H,12-13H2,1H3/b5-4-. The van der Waals surface area contributed by atoms with Crippen LogP contribution in [0.15, 0.2) is 65.6 Å². The molecule has 1 aliphatic rings. The van der Waals surface area contributed by atoms with E-state index in [1.807, 2.05) is 6.92 Å². The highest BCUT2D eigenvalue weighted by atomic mass is 32.2. The number of aryl methyl sites for hydroxylation is 1. The van der Waals surface area contributed by atoms with Crippen LogP contribution in [0, 0.1) is 6.92 Å². The predicted molar refractivity (Wildman–Crippen MR) is 96.0 cm³/mol. The molecule has 2 aromatic carbocycles. The van der Waals surface area contributed by atoms with Crippen molar-refractivity contribution in [3.63, 3.8) is 0 Å². The zero-order valence-electron chi connectivity index (χ0n) is 14.5. The van der Waals surface area contributed by atoms with Gasteiger partial charge in [-0.2, -0.15) is 13.2 Å². The predicted octanol–water partition coefficient (Wildman–Crippen LogP) is 4.38. The van der Waals surface area contributed by atoms with Crippen LogP contribution in [0.4, 0.5) is 18.9 Å². The molecule has 0 saturated carbocycles. The van der Waals surface area contributed by atoms with E-state index in [4.69, 9.17) is 4.74 Å². The van der Waals surface area contributed by atoms with Crippen LogP contribution in [0.5, 0.6) is 0 Å². The van der Waals surface area contributed by atoms with Gasteiger partial charge in [0.15, 0.2) is 6.10 Å². The minimum atomic E-state index is -4.67. The Morgan fingerprint density at radius 2 is 1.70 bits per heavy atom. The molecule has 27 heavy (non-hydrogen) atoms. The Kier molecular flexibility index (Phi) is 5.30. The van der Waals surface area contributed by atoms with E-state index in [9.17, 15) is 21.6 Å². The van der Waals surface area contributed by atoms with Crippen LogP contribution in [0.25, 0.3) is 0 Å². The van der Waals surface area contributed by atoms with Crippen LogP contribution in [0.2, 0.25) is 0 Å². The van der Waals surface area contributed by atoms with Gasteiger partial charge in [-0.25, -0.2) is 8.42 Å². The van der Waals surface area contributed by atoms with Crippen LogP contribution in [-0.4, -0.2) is 27.7 Å². The Hall–Kier alpha value is -2.32. The lowest BCUT2D eigenvalue weighted by molar-refractivity contribution is -0.220. The summed E-state index contributed by atoms with van der Waals surface area (Å²) in [7, 11) is -4.06. The first-order valence-electron chi connectivity index (χ1n) is 8.23. The number of sulfonamides is 1. The Morgan fingerprint density at radius 1 is 1.04 bits per heavy atom. The molecule has 0 bridgehead atoms. The normalized spacial score (nSPS) is 19.6. The average Bonchev–Trinajstić information content (AvgIpc) is 2.70. The van der Waals surface area contributed by atoms with E-state index >= 15 is 0 Å². The Balaban J connectivity index is 2.17. The minimum absolute atomic E-state index is 0.0139. The van der Waals surface area contributed by atoms with Crippen molar-refractivity contribution < 1.29 is 26.3 Å². The topological polar surface area (TPSA) is 46.6 Å². The highest BCUT2D eigenvalue weighted by Crippen LogP contribution is 2.41. The molecule has 1 heterocycles. The summed E-state index contributed by atoms with van der Waals surface area (Å²) < 4.78 is 72.9. The first kappa shape index (κ1) is 19.4. The second kappa shape index (κ2) is 7.36. The summed E-state index contributed by atoms with van der Waals surface area (Å²) in [6, 6.07) is 11.7. The Bertz CT molecular complexity index is 937. The van der Waals surface area contributed by atoms with Gasteiger partial charge in [0.25, 0.3) is 10.0 Å². The number of para-hydroxylation sites is 1. The molecule has 1 unspecified atom stereocenters. The van der Waals surface area contributed by atoms with Crippen molar-refractivity contribution in [2.45, 2.75) is 24.1 Å². The van der Waals surface area contributed by atoms with Gasteiger partial charge in [-0.1, -0.05) is 48.0 Å². The summed E-state index contributed by atoms with van der Waals surface area (Å²) in [5.41, 5.74) is 0.598. The number of halogens is 3. The highest BCUT2D eigenvalue weighted by Gasteiger charge is 2.44. The molecule has 0 radical (unpaired) electrons. The molecule has 0 fully saturated rings. The number of fused-ring (bicyclic) bond motifs is 1. The third kappa shape index (κ3) is 4.01. The molecule has 1 atom stereocenters. The fourth-order valence-electron chi connectivity index (χ4n) is 2.85. The van der Waals surface area contributed by atoms with Crippen LogP contribution >= 0.6 is 0 Å². The molecular weight excluding hydrogens is 379 g/mol. The molecular formula is C19H18F3NO3S. The van der Waals surface area contributed by atoms with Crippen LogP contribution in [-0.2, 0) is 14.8 Å². The van der Waals surface area contributed by atoms with Gasteiger partial charge in [0.2, 0.25) is 0 Å². The zero-order chi connectivity index (χ0) is 19.7. The number of anilines is 1. The summed E-state index contributed by atoms with van der Waals surface area (Å²) in [4.78, 5) is 0.0139. The number of nitrogens with zero attached hydrogens (tertiary/aromatic N) is 1. The van der Waals surface area contributed by atoms with E-state index in [2.05, 4.69) is 0 Å². The molecule has 3 rings (SSSR count). The molecule has 0 amide bonds.